The first-order valence-electron chi connectivity index (χ1n) is 4.95. The summed E-state index contributed by atoms with van der Waals surface area (Å²) in [6.07, 6.45) is 4.38. The number of aromatic nitrogens is 2. The van der Waals surface area contributed by atoms with Crippen LogP contribution in [0.4, 0.5) is 0 Å². The Kier molecular flexibility index (Phi) is 3.00. The molecule has 2 heterocycles. The molecule has 0 spiro atoms. The van der Waals surface area contributed by atoms with Crippen LogP contribution >= 0.6 is 0 Å². The number of carbonyl (C=O) groups is 1. The Morgan fingerprint density at radius 1 is 1.29 bits per heavy atom. The molecule has 5 nitrogen and oxygen atoms in total. The first-order chi connectivity index (χ1) is 8.18. The molecule has 0 saturated heterocycles. The van der Waals surface area contributed by atoms with Gasteiger partial charge in [-0.05, 0) is 19.1 Å². The molecule has 0 fully saturated rings. The number of carboxylic acids is 1. The van der Waals surface area contributed by atoms with Crippen molar-refractivity contribution < 1.29 is 14.6 Å². The van der Waals surface area contributed by atoms with Crippen LogP contribution in [-0.4, -0.2) is 21.0 Å². The Labute approximate surface area is 97.7 Å². The van der Waals surface area contributed by atoms with Crippen molar-refractivity contribution in [1.29, 1.82) is 0 Å². The van der Waals surface area contributed by atoms with Gasteiger partial charge in [0.05, 0.1) is 5.69 Å². The van der Waals surface area contributed by atoms with Crippen LogP contribution in [0.3, 0.4) is 0 Å². The van der Waals surface area contributed by atoms with Crippen LogP contribution in [0.25, 0.3) is 0 Å². The number of ether oxygens (including phenoxy) is 1. The number of aryl methyl sites for hydroxylation is 1. The second kappa shape index (κ2) is 4.61. The van der Waals surface area contributed by atoms with Gasteiger partial charge in [0.1, 0.15) is 17.1 Å². The molecule has 2 aromatic rings. The van der Waals surface area contributed by atoms with Gasteiger partial charge in [-0.25, -0.2) is 4.79 Å². The van der Waals surface area contributed by atoms with E-state index in [1.54, 1.807) is 25.3 Å². The number of nitrogens with zero attached hydrogens (tertiary/aromatic N) is 2. The normalized spacial score (nSPS) is 9.94. The average molecular weight is 230 g/mol. The SMILES string of the molecule is Cc1ncccc1Oc1ccncc1C(=O)O. The van der Waals surface area contributed by atoms with Crippen LogP contribution in [-0.2, 0) is 0 Å². The van der Waals surface area contributed by atoms with Gasteiger partial charge in [0.2, 0.25) is 0 Å². The third-order valence-corrected chi connectivity index (χ3v) is 2.19. The third kappa shape index (κ3) is 2.39. The van der Waals surface area contributed by atoms with Crippen LogP contribution < -0.4 is 4.74 Å². The van der Waals surface area contributed by atoms with Gasteiger partial charge in [0, 0.05) is 24.7 Å². The maximum absolute atomic E-state index is 11.0. The summed E-state index contributed by atoms with van der Waals surface area (Å²) in [6, 6.07) is 4.97. The minimum atomic E-state index is -1.07. The highest BCUT2D eigenvalue weighted by Crippen LogP contribution is 2.25. The van der Waals surface area contributed by atoms with E-state index < -0.39 is 5.97 Å². The standard InChI is InChI=1S/C12H10N2O3/c1-8-10(3-2-5-14-8)17-11-4-6-13-7-9(11)12(15)16/h2-7H,1H3,(H,15,16). The lowest BCUT2D eigenvalue weighted by Gasteiger charge is -2.09. The predicted octanol–water partition coefficient (Wildman–Crippen LogP) is 2.28. The smallest absolute Gasteiger partial charge is 0.341 e. The number of carboxylic acid groups (broad SMARTS) is 1. The van der Waals surface area contributed by atoms with Gasteiger partial charge >= 0.3 is 5.97 Å². The lowest BCUT2D eigenvalue weighted by Crippen LogP contribution is -2.01. The molecule has 0 aliphatic carbocycles. The lowest BCUT2D eigenvalue weighted by molar-refractivity contribution is 0.0693. The molecule has 0 aliphatic rings. The molecular formula is C12H10N2O3. The van der Waals surface area contributed by atoms with E-state index >= 15 is 0 Å². The van der Waals surface area contributed by atoms with Gasteiger partial charge in [-0.3, -0.25) is 9.97 Å². The summed E-state index contributed by atoms with van der Waals surface area (Å²) in [5, 5.41) is 8.98. The van der Waals surface area contributed by atoms with Crippen LogP contribution in [0.2, 0.25) is 0 Å². The maximum atomic E-state index is 11.0. The molecule has 0 unspecified atom stereocenters. The summed E-state index contributed by atoms with van der Waals surface area (Å²) in [4.78, 5) is 18.8. The quantitative estimate of drug-likeness (QED) is 0.875. The zero-order chi connectivity index (χ0) is 12.3. The molecule has 0 aliphatic heterocycles. The fourth-order valence-electron chi connectivity index (χ4n) is 1.33. The number of hydrogen-bond donors (Lipinski definition) is 1. The Morgan fingerprint density at radius 2 is 2.12 bits per heavy atom. The van der Waals surface area contributed by atoms with E-state index in [4.69, 9.17) is 9.84 Å². The van der Waals surface area contributed by atoms with E-state index in [0.717, 1.165) is 0 Å². The van der Waals surface area contributed by atoms with Gasteiger partial charge in [0.25, 0.3) is 0 Å². The van der Waals surface area contributed by atoms with E-state index in [1.165, 1.54) is 18.5 Å². The summed E-state index contributed by atoms with van der Waals surface area (Å²) < 4.78 is 5.52. The summed E-state index contributed by atoms with van der Waals surface area (Å²) in [5.74, 6) is -0.292. The molecular weight excluding hydrogens is 220 g/mol. The summed E-state index contributed by atoms with van der Waals surface area (Å²) in [5.41, 5.74) is 0.719. The van der Waals surface area contributed by atoms with Crippen LogP contribution in [0, 0.1) is 6.92 Å². The topological polar surface area (TPSA) is 72.3 Å². The molecule has 0 bridgehead atoms. The van der Waals surface area contributed by atoms with E-state index in [1.807, 2.05) is 0 Å². The third-order valence-electron chi connectivity index (χ3n) is 2.19. The van der Waals surface area contributed by atoms with Gasteiger partial charge in [-0.15, -0.1) is 0 Å². The van der Waals surface area contributed by atoms with E-state index in [2.05, 4.69) is 9.97 Å². The maximum Gasteiger partial charge on any atom is 0.341 e. The van der Waals surface area contributed by atoms with Crippen LogP contribution in [0.1, 0.15) is 16.1 Å². The fourth-order valence-corrected chi connectivity index (χ4v) is 1.33. The van der Waals surface area contributed by atoms with Gasteiger partial charge < -0.3 is 9.84 Å². The van der Waals surface area contributed by atoms with E-state index in [9.17, 15) is 4.79 Å². The summed E-state index contributed by atoms with van der Waals surface area (Å²) in [7, 11) is 0. The molecule has 5 heteroatoms. The molecule has 17 heavy (non-hydrogen) atoms. The second-order valence-electron chi connectivity index (χ2n) is 3.37. The minimum absolute atomic E-state index is 0.0238. The van der Waals surface area contributed by atoms with Crippen LogP contribution in [0.15, 0.2) is 36.8 Å². The van der Waals surface area contributed by atoms with Crippen molar-refractivity contribution in [2.45, 2.75) is 6.92 Å². The monoisotopic (exact) mass is 230 g/mol. The van der Waals surface area contributed by atoms with E-state index in [0.29, 0.717) is 11.4 Å². The Morgan fingerprint density at radius 3 is 2.82 bits per heavy atom. The fraction of sp³-hybridized carbons (Fsp3) is 0.0833. The molecule has 0 radical (unpaired) electrons. The molecule has 0 atom stereocenters. The highest BCUT2D eigenvalue weighted by Gasteiger charge is 2.12. The predicted molar refractivity (Wildman–Crippen MR) is 60.2 cm³/mol. The molecule has 1 N–H and O–H groups in total. The molecule has 0 aromatic carbocycles. The molecule has 86 valence electrons. The van der Waals surface area contributed by atoms with Crippen molar-refractivity contribution >= 4 is 5.97 Å². The van der Waals surface area contributed by atoms with Crippen LogP contribution in [0.5, 0.6) is 11.5 Å². The summed E-state index contributed by atoms with van der Waals surface area (Å²) >= 11 is 0. The first kappa shape index (κ1) is 11.1. The zero-order valence-electron chi connectivity index (χ0n) is 9.12. The Balaban J connectivity index is 2.37. The number of aromatic carboxylic acids is 1. The average Bonchev–Trinajstić information content (AvgIpc) is 2.32. The van der Waals surface area contributed by atoms with Crippen molar-refractivity contribution in [3.63, 3.8) is 0 Å². The van der Waals surface area contributed by atoms with Crippen molar-refractivity contribution in [1.82, 2.24) is 9.97 Å². The first-order valence-corrected chi connectivity index (χ1v) is 4.95. The molecule has 0 saturated carbocycles. The Bertz CT molecular complexity index is 555. The van der Waals surface area contributed by atoms with Crippen molar-refractivity contribution in [3.8, 4) is 11.5 Å². The number of hydrogen-bond acceptors (Lipinski definition) is 4. The largest absolute Gasteiger partial charge is 0.477 e. The Hall–Kier alpha value is -2.43. The van der Waals surface area contributed by atoms with Gasteiger partial charge in [0.15, 0.2) is 0 Å². The van der Waals surface area contributed by atoms with Gasteiger partial charge in [-0.2, -0.15) is 0 Å². The van der Waals surface area contributed by atoms with E-state index in [-0.39, 0.29) is 11.3 Å². The van der Waals surface area contributed by atoms with Crippen molar-refractivity contribution in [2.75, 3.05) is 0 Å². The highest BCUT2D eigenvalue weighted by molar-refractivity contribution is 5.90. The number of rotatable bonds is 3. The molecule has 2 aromatic heterocycles. The lowest BCUT2D eigenvalue weighted by atomic mass is 10.2. The molecule has 2 rings (SSSR count). The second-order valence-corrected chi connectivity index (χ2v) is 3.37. The molecule has 0 amide bonds. The van der Waals surface area contributed by atoms with Gasteiger partial charge in [-0.1, -0.05) is 0 Å². The highest BCUT2D eigenvalue weighted by atomic mass is 16.5. The summed E-state index contributed by atoms with van der Waals surface area (Å²) in [6.45, 7) is 1.79. The number of pyridine rings is 2. The zero-order valence-corrected chi connectivity index (χ0v) is 9.12. The minimum Gasteiger partial charge on any atom is -0.477 e. The van der Waals surface area contributed by atoms with Crippen molar-refractivity contribution in [2.24, 2.45) is 0 Å². The van der Waals surface area contributed by atoms with Crippen molar-refractivity contribution in [3.05, 3.63) is 48.0 Å².